The molecule has 0 saturated heterocycles. The van der Waals surface area contributed by atoms with Crippen LogP contribution < -0.4 is 10.1 Å². The molecule has 1 aromatic rings. The quantitative estimate of drug-likeness (QED) is 0.427. The second kappa shape index (κ2) is 8.63. The molecule has 0 bridgehead atoms. The molecular formula is C13H20N2O3S. The summed E-state index contributed by atoms with van der Waals surface area (Å²) in [5.41, 5.74) is 0.610. The van der Waals surface area contributed by atoms with E-state index in [1.807, 2.05) is 11.8 Å². The Morgan fingerprint density at radius 3 is 2.79 bits per heavy atom. The minimum atomic E-state index is -0.379. The molecule has 0 spiro atoms. The molecule has 0 saturated carbocycles. The fraction of sp³-hybridized carbons (Fsp3) is 0.538. The fourth-order valence-electron chi connectivity index (χ4n) is 1.71. The smallest absolute Gasteiger partial charge is 0.292 e. The molecule has 5 nitrogen and oxygen atoms in total. The maximum atomic E-state index is 10.9. The van der Waals surface area contributed by atoms with E-state index < -0.39 is 0 Å². The molecule has 19 heavy (non-hydrogen) atoms. The lowest BCUT2D eigenvalue weighted by atomic mass is 10.2. The van der Waals surface area contributed by atoms with Crippen LogP contribution in [0.5, 0.6) is 5.75 Å². The molecule has 0 amide bonds. The molecule has 6 heteroatoms. The van der Waals surface area contributed by atoms with Crippen LogP contribution in [0, 0.1) is 10.1 Å². The summed E-state index contributed by atoms with van der Waals surface area (Å²) in [6.07, 6.45) is 5.42. The Morgan fingerprint density at radius 2 is 2.16 bits per heavy atom. The number of methoxy groups -OCH3 is 1. The SMILES string of the molecule is COc1ccc([N+](=O)[O-])c(NCCCCCSC)c1. The molecule has 1 aromatic carbocycles. The van der Waals surface area contributed by atoms with Gasteiger partial charge in [-0.3, -0.25) is 10.1 Å². The van der Waals surface area contributed by atoms with Crippen LogP contribution in [0.1, 0.15) is 19.3 Å². The third kappa shape index (κ3) is 5.38. The first-order chi connectivity index (χ1) is 9.19. The summed E-state index contributed by atoms with van der Waals surface area (Å²) in [5, 5.41) is 14.0. The van der Waals surface area contributed by atoms with E-state index >= 15 is 0 Å². The van der Waals surface area contributed by atoms with Crippen molar-refractivity contribution in [2.24, 2.45) is 0 Å². The zero-order valence-corrected chi connectivity index (χ0v) is 12.2. The van der Waals surface area contributed by atoms with Gasteiger partial charge in [-0.05, 0) is 30.9 Å². The highest BCUT2D eigenvalue weighted by Gasteiger charge is 2.13. The number of benzene rings is 1. The first-order valence-electron chi connectivity index (χ1n) is 6.24. The summed E-state index contributed by atoms with van der Waals surface area (Å²) in [4.78, 5) is 10.5. The Morgan fingerprint density at radius 1 is 1.37 bits per heavy atom. The summed E-state index contributed by atoms with van der Waals surface area (Å²) < 4.78 is 5.08. The predicted octanol–water partition coefficient (Wildman–Crippen LogP) is 3.55. The Balaban J connectivity index is 2.52. The van der Waals surface area contributed by atoms with Crippen LogP contribution >= 0.6 is 11.8 Å². The Bertz CT molecular complexity index is 413. The van der Waals surface area contributed by atoms with E-state index in [0.29, 0.717) is 11.4 Å². The van der Waals surface area contributed by atoms with Gasteiger partial charge in [0.15, 0.2) is 0 Å². The first-order valence-corrected chi connectivity index (χ1v) is 7.63. The number of nitro benzene ring substituents is 1. The average molecular weight is 284 g/mol. The van der Waals surface area contributed by atoms with Crippen molar-refractivity contribution in [3.63, 3.8) is 0 Å². The topological polar surface area (TPSA) is 64.4 Å². The largest absolute Gasteiger partial charge is 0.497 e. The third-order valence-electron chi connectivity index (χ3n) is 2.74. The van der Waals surface area contributed by atoms with Crippen LogP contribution in [0.4, 0.5) is 11.4 Å². The van der Waals surface area contributed by atoms with Crippen LogP contribution in [0.3, 0.4) is 0 Å². The van der Waals surface area contributed by atoms with Crippen LogP contribution in [0.15, 0.2) is 18.2 Å². The maximum Gasteiger partial charge on any atom is 0.292 e. The molecule has 0 aliphatic carbocycles. The van der Waals surface area contributed by atoms with Crippen molar-refractivity contribution in [1.82, 2.24) is 0 Å². The Kier molecular flexibility index (Phi) is 7.10. The summed E-state index contributed by atoms with van der Waals surface area (Å²) in [5.74, 6) is 1.79. The van der Waals surface area contributed by atoms with Gasteiger partial charge >= 0.3 is 0 Å². The number of nitrogens with one attached hydrogen (secondary N) is 1. The molecule has 1 rings (SSSR count). The zero-order chi connectivity index (χ0) is 14.1. The number of anilines is 1. The lowest BCUT2D eigenvalue weighted by molar-refractivity contribution is -0.384. The van der Waals surface area contributed by atoms with E-state index in [0.717, 1.165) is 19.4 Å². The second-order valence-corrected chi connectivity index (χ2v) is 5.11. The number of unbranched alkanes of at least 4 members (excludes halogenated alkanes) is 2. The molecule has 0 radical (unpaired) electrons. The molecule has 0 aliphatic rings. The van der Waals surface area contributed by atoms with E-state index in [1.54, 1.807) is 19.2 Å². The molecule has 0 unspecified atom stereocenters. The minimum Gasteiger partial charge on any atom is -0.497 e. The van der Waals surface area contributed by atoms with Gasteiger partial charge in [0, 0.05) is 18.7 Å². The number of nitro groups is 1. The van der Waals surface area contributed by atoms with E-state index in [2.05, 4.69) is 11.6 Å². The molecule has 0 heterocycles. The lowest BCUT2D eigenvalue weighted by Gasteiger charge is -2.08. The van der Waals surface area contributed by atoms with Crippen molar-refractivity contribution in [2.45, 2.75) is 19.3 Å². The zero-order valence-electron chi connectivity index (χ0n) is 11.3. The highest BCUT2D eigenvalue weighted by atomic mass is 32.2. The van der Waals surface area contributed by atoms with Crippen LogP contribution in [0.2, 0.25) is 0 Å². The van der Waals surface area contributed by atoms with Crippen molar-refractivity contribution in [2.75, 3.05) is 31.0 Å². The van der Waals surface area contributed by atoms with Crippen molar-refractivity contribution >= 4 is 23.1 Å². The van der Waals surface area contributed by atoms with Gasteiger partial charge in [0.2, 0.25) is 0 Å². The van der Waals surface area contributed by atoms with Gasteiger partial charge in [0.1, 0.15) is 11.4 Å². The van der Waals surface area contributed by atoms with Crippen molar-refractivity contribution in [3.05, 3.63) is 28.3 Å². The van der Waals surface area contributed by atoms with Crippen LogP contribution in [-0.4, -0.2) is 30.6 Å². The number of thioether (sulfide) groups is 1. The maximum absolute atomic E-state index is 10.9. The number of ether oxygens (including phenoxy) is 1. The highest BCUT2D eigenvalue weighted by molar-refractivity contribution is 7.98. The number of nitrogens with zero attached hydrogens (tertiary/aromatic N) is 1. The number of rotatable bonds is 9. The Labute approximate surface area is 117 Å². The van der Waals surface area contributed by atoms with Crippen molar-refractivity contribution < 1.29 is 9.66 Å². The van der Waals surface area contributed by atoms with Gasteiger partial charge < -0.3 is 10.1 Å². The molecule has 0 aromatic heterocycles. The van der Waals surface area contributed by atoms with Crippen molar-refractivity contribution in [1.29, 1.82) is 0 Å². The highest BCUT2D eigenvalue weighted by Crippen LogP contribution is 2.28. The fourth-order valence-corrected chi connectivity index (χ4v) is 2.21. The molecule has 1 N–H and O–H groups in total. The summed E-state index contributed by atoms with van der Waals surface area (Å²) in [6, 6.07) is 4.73. The molecule has 0 fully saturated rings. The second-order valence-electron chi connectivity index (χ2n) is 4.12. The van der Waals surface area contributed by atoms with E-state index in [4.69, 9.17) is 4.74 Å². The number of hydrogen-bond donors (Lipinski definition) is 1. The van der Waals surface area contributed by atoms with E-state index in [9.17, 15) is 10.1 Å². The van der Waals surface area contributed by atoms with Gasteiger partial charge in [0.25, 0.3) is 5.69 Å². The minimum absolute atomic E-state index is 0.0879. The normalized spacial score (nSPS) is 10.2. The Hall–Kier alpha value is -1.43. The monoisotopic (exact) mass is 284 g/mol. The van der Waals surface area contributed by atoms with Crippen LogP contribution in [0.25, 0.3) is 0 Å². The third-order valence-corrected chi connectivity index (χ3v) is 3.44. The summed E-state index contributed by atoms with van der Waals surface area (Å²) in [7, 11) is 1.55. The lowest BCUT2D eigenvalue weighted by Crippen LogP contribution is -2.04. The molecular weight excluding hydrogens is 264 g/mol. The predicted molar refractivity (Wildman–Crippen MR) is 80.4 cm³/mol. The van der Waals surface area contributed by atoms with Crippen molar-refractivity contribution in [3.8, 4) is 5.75 Å². The summed E-state index contributed by atoms with van der Waals surface area (Å²) in [6.45, 7) is 0.738. The van der Waals surface area contributed by atoms with Gasteiger partial charge in [-0.2, -0.15) is 11.8 Å². The molecule has 106 valence electrons. The molecule has 0 atom stereocenters. The van der Waals surface area contributed by atoms with Gasteiger partial charge in [-0.1, -0.05) is 6.42 Å². The summed E-state index contributed by atoms with van der Waals surface area (Å²) >= 11 is 1.84. The first kappa shape index (κ1) is 15.6. The number of hydrogen-bond acceptors (Lipinski definition) is 5. The van der Waals surface area contributed by atoms with Gasteiger partial charge in [0.05, 0.1) is 12.0 Å². The van der Waals surface area contributed by atoms with E-state index in [1.165, 1.54) is 18.2 Å². The van der Waals surface area contributed by atoms with Crippen LogP contribution in [-0.2, 0) is 0 Å². The standard InChI is InChI=1S/C13H20N2O3S/c1-18-11-6-7-13(15(16)17)12(10-11)14-8-4-3-5-9-19-2/h6-7,10,14H,3-5,8-9H2,1-2H3. The van der Waals surface area contributed by atoms with Gasteiger partial charge in [-0.15, -0.1) is 0 Å². The molecule has 0 aliphatic heterocycles. The van der Waals surface area contributed by atoms with E-state index in [-0.39, 0.29) is 10.6 Å². The average Bonchev–Trinajstić information content (AvgIpc) is 2.42. The van der Waals surface area contributed by atoms with Gasteiger partial charge in [-0.25, -0.2) is 0 Å².